The number of hydrogen-bond acceptors (Lipinski definition) is 4. The molecule has 0 aromatic heterocycles. The van der Waals surface area contributed by atoms with E-state index in [0.29, 0.717) is 11.5 Å². The van der Waals surface area contributed by atoms with Crippen molar-refractivity contribution < 1.29 is 14.3 Å². The first-order valence-corrected chi connectivity index (χ1v) is 8.67. The van der Waals surface area contributed by atoms with E-state index in [2.05, 4.69) is 42.4 Å². The Hall–Kier alpha value is -1.86. The Morgan fingerprint density at radius 3 is 2.50 bits per heavy atom. The number of nitrogens with one attached hydrogen (secondary N) is 1. The maximum atomic E-state index is 12.0. The zero-order valence-corrected chi connectivity index (χ0v) is 16.3. The minimum absolute atomic E-state index is 0.340. The average Bonchev–Trinajstić information content (AvgIpc) is 2.58. The number of methoxy groups -OCH3 is 1. The zero-order chi connectivity index (χ0) is 17.5. The Bertz CT molecular complexity index is 733. The van der Waals surface area contributed by atoms with Crippen LogP contribution >= 0.6 is 31.9 Å². The van der Waals surface area contributed by atoms with Crippen LogP contribution in [-0.2, 0) is 4.79 Å². The minimum atomic E-state index is -0.669. The van der Waals surface area contributed by atoms with Crippen LogP contribution in [0.1, 0.15) is 12.5 Å². The molecule has 0 heterocycles. The highest BCUT2D eigenvalue weighted by Gasteiger charge is 2.13. The van der Waals surface area contributed by atoms with Gasteiger partial charge in [-0.05, 0) is 49.4 Å². The van der Waals surface area contributed by atoms with E-state index in [1.165, 1.54) is 6.21 Å². The van der Waals surface area contributed by atoms with Crippen LogP contribution in [0.4, 0.5) is 0 Å². The van der Waals surface area contributed by atoms with Crippen molar-refractivity contribution >= 4 is 44.0 Å². The van der Waals surface area contributed by atoms with Gasteiger partial charge in [0.2, 0.25) is 0 Å². The van der Waals surface area contributed by atoms with Gasteiger partial charge in [0, 0.05) is 14.5 Å². The van der Waals surface area contributed by atoms with Crippen molar-refractivity contribution in [3.63, 3.8) is 0 Å². The molecule has 0 aliphatic carbocycles. The molecular formula is C17H16Br2N2O3. The molecule has 1 atom stereocenters. The van der Waals surface area contributed by atoms with E-state index in [1.54, 1.807) is 26.2 Å². The lowest BCUT2D eigenvalue weighted by molar-refractivity contribution is -0.127. The second kappa shape index (κ2) is 8.84. The Kier molecular flexibility index (Phi) is 6.81. The summed E-state index contributed by atoms with van der Waals surface area (Å²) in [5.74, 6) is 0.978. The lowest BCUT2D eigenvalue weighted by Crippen LogP contribution is -2.33. The monoisotopic (exact) mass is 454 g/mol. The van der Waals surface area contributed by atoms with Crippen LogP contribution in [0, 0.1) is 0 Å². The first kappa shape index (κ1) is 18.5. The van der Waals surface area contributed by atoms with Crippen LogP contribution in [0.3, 0.4) is 0 Å². The molecule has 0 spiro atoms. The zero-order valence-electron chi connectivity index (χ0n) is 13.1. The fourth-order valence-electron chi connectivity index (χ4n) is 1.77. The van der Waals surface area contributed by atoms with Gasteiger partial charge in [-0.15, -0.1) is 0 Å². The SMILES string of the molecule is COc1ccc(Br)c(/C=N\NC(=O)[C@@H](C)Oc2ccc(Br)cc2)c1. The third kappa shape index (κ3) is 5.35. The van der Waals surface area contributed by atoms with Crippen LogP contribution in [0.25, 0.3) is 0 Å². The van der Waals surface area contributed by atoms with E-state index < -0.39 is 6.10 Å². The predicted octanol–water partition coefficient (Wildman–Crippen LogP) is 4.14. The van der Waals surface area contributed by atoms with Crippen LogP contribution in [0.15, 0.2) is 56.5 Å². The largest absolute Gasteiger partial charge is 0.497 e. The van der Waals surface area contributed by atoms with E-state index >= 15 is 0 Å². The normalized spacial score (nSPS) is 12.0. The van der Waals surface area contributed by atoms with Crippen LogP contribution in [0.2, 0.25) is 0 Å². The van der Waals surface area contributed by atoms with Crippen LogP contribution in [-0.4, -0.2) is 25.3 Å². The summed E-state index contributed by atoms with van der Waals surface area (Å²) in [5.41, 5.74) is 3.25. The van der Waals surface area contributed by atoms with Gasteiger partial charge in [0.1, 0.15) is 11.5 Å². The molecule has 0 bridgehead atoms. The molecule has 0 fully saturated rings. The van der Waals surface area contributed by atoms with Gasteiger partial charge in [-0.25, -0.2) is 5.43 Å². The molecule has 5 nitrogen and oxygen atoms in total. The summed E-state index contributed by atoms with van der Waals surface area (Å²) in [5, 5.41) is 3.96. The summed E-state index contributed by atoms with van der Waals surface area (Å²) < 4.78 is 12.5. The number of amides is 1. The summed E-state index contributed by atoms with van der Waals surface area (Å²) in [4.78, 5) is 12.0. The molecule has 0 unspecified atom stereocenters. The van der Waals surface area contributed by atoms with Gasteiger partial charge in [-0.2, -0.15) is 5.10 Å². The molecule has 1 N–H and O–H groups in total. The number of nitrogens with zero attached hydrogens (tertiary/aromatic N) is 1. The Balaban J connectivity index is 1.93. The van der Waals surface area contributed by atoms with Crippen molar-refractivity contribution in [2.45, 2.75) is 13.0 Å². The maximum Gasteiger partial charge on any atom is 0.280 e. The van der Waals surface area contributed by atoms with E-state index in [9.17, 15) is 4.79 Å². The van der Waals surface area contributed by atoms with Crippen molar-refractivity contribution in [2.24, 2.45) is 5.10 Å². The highest BCUT2D eigenvalue weighted by Crippen LogP contribution is 2.21. The smallest absolute Gasteiger partial charge is 0.280 e. The molecule has 126 valence electrons. The number of hydrogen-bond donors (Lipinski definition) is 1. The molecule has 24 heavy (non-hydrogen) atoms. The fraction of sp³-hybridized carbons (Fsp3) is 0.176. The molecule has 0 radical (unpaired) electrons. The average molecular weight is 456 g/mol. The van der Waals surface area contributed by atoms with Crippen LogP contribution in [0.5, 0.6) is 11.5 Å². The molecule has 0 saturated heterocycles. The highest BCUT2D eigenvalue weighted by molar-refractivity contribution is 9.10. The second-order valence-corrected chi connectivity index (χ2v) is 6.61. The van der Waals surface area contributed by atoms with Gasteiger partial charge >= 0.3 is 0 Å². The quantitative estimate of drug-likeness (QED) is 0.526. The van der Waals surface area contributed by atoms with Crippen molar-refractivity contribution in [3.05, 3.63) is 57.0 Å². The Labute approximate surface area is 157 Å². The molecule has 2 rings (SSSR count). The molecule has 1 amide bonds. The van der Waals surface area contributed by atoms with E-state index in [1.807, 2.05) is 30.3 Å². The molecule has 2 aromatic rings. The number of carbonyl (C=O) groups excluding carboxylic acids is 1. The number of carbonyl (C=O) groups is 1. The third-order valence-corrected chi connectivity index (χ3v) is 4.33. The second-order valence-electron chi connectivity index (χ2n) is 4.84. The van der Waals surface area contributed by atoms with E-state index in [0.717, 1.165) is 14.5 Å². The molecule has 0 aliphatic heterocycles. The number of ether oxygens (including phenoxy) is 2. The third-order valence-electron chi connectivity index (χ3n) is 3.08. The number of benzene rings is 2. The summed E-state index contributed by atoms with van der Waals surface area (Å²) in [6, 6.07) is 12.7. The first-order chi connectivity index (χ1) is 11.5. The topological polar surface area (TPSA) is 59.9 Å². The summed E-state index contributed by atoms with van der Waals surface area (Å²) in [7, 11) is 1.59. The summed E-state index contributed by atoms with van der Waals surface area (Å²) in [6.07, 6.45) is 0.869. The van der Waals surface area contributed by atoms with E-state index in [-0.39, 0.29) is 5.91 Å². The van der Waals surface area contributed by atoms with Gasteiger partial charge < -0.3 is 9.47 Å². The first-order valence-electron chi connectivity index (χ1n) is 7.08. The number of rotatable bonds is 6. The maximum absolute atomic E-state index is 12.0. The fourth-order valence-corrected chi connectivity index (χ4v) is 2.39. The van der Waals surface area contributed by atoms with Crippen molar-refractivity contribution in [2.75, 3.05) is 7.11 Å². The highest BCUT2D eigenvalue weighted by atomic mass is 79.9. The predicted molar refractivity (Wildman–Crippen MR) is 101 cm³/mol. The van der Waals surface area contributed by atoms with Gasteiger partial charge in [0.25, 0.3) is 5.91 Å². The minimum Gasteiger partial charge on any atom is -0.497 e. The van der Waals surface area contributed by atoms with Crippen molar-refractivity contribution in [1.82, 2.24) is 5.43 Å². The number of hydrazone groups is 1. The Morgan fingerprint density at radius 2 is 1.83 bits per heavy atom. The number of halogens is 2. The molecule has 7 heteroatoms. The standard InChI is InChI=1S/C17H16Br2N2O3/c1-11(24-14-5-3-13(18)4-6-14)17(22)21-20-10-12-9-15(23-2)7-8-16(12)19/h3-11H,1-2H3,(H,21,22)/b20-10-/t11-/m1/s1. The van der Waals surface area contributed by atoms with Gasteiger partial charge in [-0.1, -0.05) is 31.9 Å². The molecule has 2 aromatic carbocycles. The Morgan fingerprint density at radius 1 is 1.17 bits per heavy atom. The van der Waals surface area contributed by atoms with Gasteiger partial charge in [-0.3, -0.25) is 4.79 Å². The molecular weight excluding hydrogens is 440 g/mol. The lowest BCUT2D eigenvalue weighted by Gasteiger charge is -2.12. The van der Waals surface area contributed by atoms with Crippen molar-refractivity contribution in [3.8, 4) is 11.5 Å². The van der Waals surface area contributed by atoms with Crippen LogP contribution < -0.4 is 14.9 Å². The summed E-state index contributed by atoms with van der Waals surface area (Å²) in [6.45, 7) is 1.66. The van der Waals surface area contributed by atoms with E-state index in [4.69, 9.17) is 9.47 Å². The molecule has 0 aliphatic rings. The van der Waals surface area contributed by atoms with Gasteiger partial charge in [0.15, 0.2) is 6.10 Å². The van der Waals surface area contributed by atoms with Gasteiger partial charge in [0.05, 0.1) is 13.3 Å². The van der Waals surface area contributed by atoms with Crippen molar-refractivity contribution in [1.29, 1.82) is 0 Å². The molecule has 0 saturated carbocycles. The lowest BCUT2D eigenvalue weighted by atomic mass is 10.2. The summed E-state index contributed by atoms with van der Waals surface area (Å²) >= 11 is 6.76.